The fraction of sp³-hybridized carbons (Fsp3) is 0.571. The summed E-state index contributed by atoms with van der Waals surface area (Å²) >= 11 is 3.39. The molecule has 0 radical (unpaired) electrons. The zero-order valence-electron chi connectivity index (χ0n) is 18.3. The van der Waals surface area contributed by atoms with Gasteiger partial charge < -0.3 is 18.9 Å². The van der Waals surface area contributed by atoms with Gasteiger partial charge in [-0.05, 0) is 6.08 Å². The molecule has 1 aromatic rings. The third kappa shape index (κ3) is 6.66. The molecular weight excluding hydrogens is 424 g/mol. The number of thioether (sulfide) groups is 1. The highest BCUT2D eigenvalue weighted by molar-refractivity contribution is 8.14. The minimum atomic E-state index is -0.462. The van der Waals surface area contributed by atoms with Crippen molar-refractivity contribution < 1.29 is 23.7 Å². The molecule has 0 saturated heterocycles. The minimum Gasteiger partial charge on any atom is -0.500 e. The van der Waals surface area contributed by atoms with Crippen molar-refractivity contribution in [1.82, 2.24) is 4.98 Å². The molecule has 1 aliphatic heterocycles. The summed E-state index contributed by atoms with van der Waals surface area (Å²) in [6, 6.07) is 0.0942. The lowest BCUT2D eigenvalue weighted by Gasteiger charge is -2.21. The second-order valence-corrected chi connectivity index (χ2v) is 8.81. The first kappa shape index (κ1) is 24.6. The van der Waals surface area contributed by atoms with Gasteiger partial charge in [-0.15, -0.1) is 23.1 Å². The third-order valence-corrected chi connectivity index (χ3v) is 6.95. The van der Waals surface area contributed by atoms with Gasteiger partial charge in [0.1, 0.15) is 16.8 Å². The zero-order chi connectivity index (χ0) is 22.1. The van der Waals surface area contributed by atoms with Crippen LogP contribution in [0.2, 0.25) is 0 Å². The second-order valence-electron chi connectivity index (χ2n) is 6.88. The number of esters is 1. The van der Waals surface area contributed by atoms with Crippen LogP contribution in [-0.2, 0) is 23.7 Å². The van der Waals surface area contributed by atoms with Gasteiger partial charge in [-0.25, -0.2) is 9.78 Å². The van der Waals surface area contributed by atoms with Crippen molar-refractivity contribution >= 4 is 40.2 Å². The Morgan fingerprint density at radius 2 is 2.03 bits per heavy atom. The molecule has 0 N–H and O–H groups in total. The second kappa shape index (κ2) is 12.2. The van der Waals surface area contributed by atoms with Crippen LogP contribution in [0.15, 0.2) is 28.3 Å². The van der Waals surface area contributed by atoms with Crippen LogP contribution >= 0.6 is 23.1 Å². The fourth-order valence-corrected chi connectivity index (χ4v) is 5.04. The number of aromatic nitrogens is 1. The van der Waals surface area contributed by atoms with E-state index in [9.17, 15) is 4.79 Å². The highest BCUT2D eigenvalue weighted by Crippen LogP contribution is 2.34. The number of aliphatic imine (C=N–C) groups is 1. The Morgan fingerprint density at radius 1 is 1.27 bits per heavy atom. The average molecular weight is 455 g/mol. The topological polar surface area (TPSA) is 79.2 Å². The Kier molecular flexibility index (Phi) is 10.0. The Hall–Kier alpha value is -1.68. The number of hydrogen-bond acceptors (Lipinski definition) is 9. The molecule has 0 aliphatic carbocycles. The first-order valence-corrected chi connectivity index (χ1v) is 11.5. The number of methoxy groups -OCH3 is 4. The number of hydrogen-bond donors (Lipinski definition) is 0. The summed E-state index contributed by atoms with van der Waals surface area (Å²) in [5, 5.41) is 4.15. The van der Waals surface area contributed by atoms with Crippen molar-refractivity contribution in [3.8, 4) is 0 Å². The Bertz CT molecular complexity index is 790. The van der Waals surface area contributed by atoms with E-state index < -0.39 is 5.97 Å². The number of carbonyl (C=O) groups is 1. The molecule has 0 fully saturated rings. The van der Waals surface area contributed by atoms with Gasteiger partial charge in [0.05, 0.1) is 43.7 Å². The number of carbonyl (C=O) groups excluding carboxylic acids is 1. The molecule has 0 spiro atoms. The summed E-state index contributed by atoms with van der Waals surface area (Å²) in [5.74, 6) is 1.08. The van der Waals surface area contributed by atoms with E-state index in [4.69, 9.17) is 24.2 Å². The first-order valence-electron chi connectivity index (χ1n) is 9.62. The molecule has 0 saturated carbocycles. The van der Waals surface area contributed by atoms with Gasteiger partial charge in [-0.2, -0.15) is 0 Å². The summed E-state index contributed by atoms with van der Waals surface area (Å²) in [5.41, 5.74) is 0.860. The quantitative estimate of drug-likeness (QED) is 0.284. The van der Waals surface area contributed by atoms with Crippen molar-refractivity contribution in [3.05, 3.63) is 34.0 Å². The van der Waals surface area contributed by atoms with E-state index in [1.807, 2.05) is 24.5 Å². The zero-order valence-corrected chi connectivity index (χ0v) is 19.9. The van der Waals surface area contributed by atoms with Gasteiger partial charge in [0.2, 0.25) is 0 Å². The molecule has 9 heteroatoms. The van der Waals surface area contributed by atoms with Crippen LogP contribution in [0.25, 0.3) is 6.08 Å². The van der Waals surface area contributed by atoms with Gasteiger partial charge in [0.25, 0.3) is 0 Å². The van der Waals surface area contributed by atoms with Crippen molar-refractivity contribution in [2.75, 3.05) is 40.8 Å². The van der Waals surface area contributed by atoms with E-state index in [-0.39, 0.29) is 18.1 Å². The van der Waals surface area contributed by atoms with Crippen LogP contribution in [0, 0.1) is 11.8 Å². The van der Waals surface area contributed by atoms with Crippen LogP contribution in [0.4, 0.5) is 0 Å². The molecule has 1 unspecified atom stereocenters. The molecule has 1 aliphatic rings. The third-order valence-electron chi connectivity index (χ3n) is 4.70. The maximum absolute atomic E-state index is 11.5. The molecule has 0 bridgehead atoms. The number of nitrogens with zero attached hydrogens (tertiary/aromatic N) is 2. The average Bonchev–Trinajstić information content (AvgIpc) is 3.41. The number of ether oxygens (including phenoxy) is 4. The SMILES string of the molecule is COCC(C)C1=N[C@H](c2nc(/C=C/[C@H](OC)[C@@H](C)/C(=C\C(=O)OC)OC)cs2)CS1. The Labute approximate surface area is 186 Å². The predicted molar refractivity (Wildman–Crippen MR) is 122 cm³/mol. The van der Waals surface area contributed by atoms with E-state index in [1.165, 1.54) is 20.3 Å². The Morgan fingerprint density at radius 3 is 2.67 bits per heavy atom. The van der Waals surface area contributed by atoms with E-state index in [0.29, 0.717) is 18.3 Å². The molecule has 166 valence electrons. The van der Waals surface area contributed by atoms with Crippen LogP contribution in [-0.4, -0.2) is 62.9 Å². The van der Waals surface area contributed by atoms with Crippen LogP contribution in [0.3, 0.4) is 0 Å². The number of rotatable bonds is 11. The first-order chi connectivity index (χ1) is 14.4. The van der Waals surface area contributed by atoms with Gasteiger partial charge in [0, 0.05) is 37.2 Å². The fourth-order valence-electron chi connectivity index (χ4n) is 3.00. The van der Waals surface area contributed by atoms with Crippen LogP contribution in [0.1, 0.15) is 30.6 Å². The largest absolute Gasteiger partial charge is 0.500 e. The van der Waals surface area contributed by atoms with Gasteiger partial charge in [-0.1, -0.05) is 19.9 Å². The predicted octanol–water partition coefficient (Wildman–Crippen LogP) is 3.98. The monoisotopic (exact) mass is 454 g/mol. The minimum absolute atomic E-state index is 0.0942. The van der Waals surface area contributed by atoms with E-state index in [2.05, 4.69) is 11.7 Å². The smallest absolute Gasteiger partial charge is 0.333 e. The van der Waals surface area contributed by atoms with Crippen molar-refractivity contribution in [3.63, 3.8) is 0 Å². The lowest BCUT2D eigenvalue weighted by Crippen LogP contribution is -2.21. The van der Waals surface area contributed by atoms with E-state index >= 15 is 0 Å². The van der Waals surface area contributed by atoms with Crippen molar-refractivity contribution in [2.24, 2.45) is 16.8 Å². The van der Waals surface area contributed by atoms with Crippen molar-refractivity contribution in [1.29, 1.82) is 0 Å². The molecular formula is C21H30N2O5S2. The summed E-state index contributed by atoms with van der Waals surface area (Å²) in [6.45, 7) is 4.73. The molecule has 0 amide bonds. The standard InChI is InChI=1S/C21H30N2O5S2/c1-13(10-25-3)20-23-16(12-30-20)21-22-15(11-29-21)7-8-17(26-4)14(2)18(27-5)9-19(24)28-6/h7-9,11,13-14,16-17H,10,12H2,1-6H3/b8-7+,18-9+/t13?,14-,16+,17+/m1/s1. The van der Waals surface area contributed by atoms with Gasteiger partial charge in [0.15, 0.2) is 0 Å². The molecule has 7 nitrogen and oxygen atoms in total. The molecule has 2 rings (SSSR count). The summed E-state index contributed by atoms with van der Waals surface area (Å²) < 4.78 is 20.8. The Balaban J connectivity index is 2.07. The maximum atomic E-state index is 11.5. The van der Waals surface area contributed by atoms with Crippen LogP contribution in [0.5, 0.6) is 0 Å². The van der Waals surface area contributed by atoms with E-state index in [0.717, 1.165) is 21.5 Å². The summed E-state index contributed by atoms with van der Waals surface area (Å²) in [6.07, 6.45) is 4.90. The molecule has 2 heterocycles. The lowest BCUT2D eigenvalue weighted by molar-refractivity contribution is -0.135. The highest BCUT2D eigenvalue weighted by atomic mass is 32.2. The molecule has 0 aromatic carbocycles. The summed E-state index contributed by atoms with van der Waals surface area (Å²) in [4.78, 5) is 21.1. The van der Waals surface area contributed by atoms with Crippen LogP contribution < -0.4 is 0 Å². The number of thiazole rings is 1. The maximum Gasteiger partial charge on any atom is 0.333 e. The lowest BCUT2D eigenvalue weighted by atomic mass is 10.0. The van der Waals surface area contributed by atoms with Crippen molar-refractivity contribution in [2.45, 2.75) is 26.0 Å². The molecule has 30 heavy (non-hydrogen) atoms. The summed E-state index contributed by atoms with van der Waals surface area (Å²) in [7, 11) is 6.19. The molecule has 1 aromatic heterocycles. The molecule has 4 atom stereocenters. The van der Waals surface area contributed by atoms with Gasteiger partial charge >= 0.3 is 5.97 Å². The normalized spacial score (nSPS) is 20.1. The van der Waals surface area contributed by atoms with Gasteiger partial charge in [-0.3, -0.25) is 4.99 Å². The van der Waals surface area contributed by atoms with E-state index in [1.54, 1.807) is 37.3 Å². The highest BCUT2D eigenvalue weighted by Gasteiger charge is 2.26.